The molecule has 0 spiro atoms. The van der Waals surface area contributed by atoms with Crippen LogP contribution in [0.2, 0.25) is 0 Å². The van der Waals surface area contributed by atoms with E-state index >= 15 is 0 Å². The number of carbonyl (C=O) groups excluding carboxylic acids is 1. The first kappa shape index (κ1) is 18.4. The van der Waals surface area contributed by atoms with Crippen LogP contribution in [0.25, 0.3) is 0 Å². The molecule has 6 nitrogen and oxygen atoms in total. The van der Waals surface area contributed by atoms with Crippen molar-refractivity contribution in [1.82, 2.24) is 9.97 Å². The highest BCUT2D eigenvalue weighted by molar-refractivity contribution is 6.03. The lowest BCUT2D eigenvalue weighted by Crippen LogP contribution is -2.15. The van der Waals surface area contributed by atoms with Gasteiger partial charge in [-0.25, -0.2) is 9.97 Å². The second-order valence-electron chi connectivity index (χ2n) is 6.42. The van der Waals surface area contributed by atoms with E-state index in [2.05, 4.69) is 26.7 Å². The molecule has 1 aromatic heterocycles. The number of aryl methyl sites for hydroxylation is 3. The van der Waals surface area contributed by atoms with Gasteiger partial charge in [0.25, 0.3) is 5.91 Å². The van der Waals surface area contributed by atoms with E-state index in [1.54, 1.807) is 19.4 Å². The Morgan fingerprint density at radius 1 is 0.963 bits per heavy atom. The predicted molar refractivity (Wildman–Crippen MR) is 107 cm³/mol. The first-order valence-electron chi connectivity index (χ1n) is 8.59. The Kier molecular flexibility index (Phi) is 5.35. The third kappa shape index (κ3) is 4.61. The van der Waals surface area contributed by atoms with Crippen molar-refractivity contribution < 1.29 is 9.53 Å². The molecule has 3 rings (SSSR count). The molecule has 0 saturated carbocycles. The molecule has 3 aromatic rings. The molecule has 6 heteroatoms. The van der Waals surface area contributed by atoms with Crippen LogP contribution in [0.4, 0.5) is 17.3 Å². The van der Waals surface area contributed by atoms with Crippen LogP contribution in [0.15, 0.2) is 48.7 Å². The number of hydrogen-bond acceptors (Lipinski definition) is 5. The number of rotatable bonds is 5. The van der Waals surface area contributed by atoms with Crippen molar-refractivity contribution in [3.63, 3.8) is 0 Å². The summed E-state index contributed by atoms with van der Waals surface area (Å²) in [4.78, 5) is 21.2. The minimum absolute atomic E-state index is 0.264. The fourth-order valence-corrected chi connectivity index (χ4v) is 2.83. The van der Waals surface area contributed by atoms with Crippen molar-refractivity contribution >= 4 is 23.2 Å². The summed E-state index contributed by atoms with van der Waals surface area (Å²) in [7, 11) is 1.57. The molecule has 0 atom stereocenters. The molecule has 27 heavy (non-hydrogen) atoms. The number of hydrogen-bond donors (Lipinski definition) is 2. The van der Waals surface area contributed by atoms with Gasteiger partial charge in [0.05, 0.1) is 12.8 Å². The molecule has 2 N–H and O–H groups in total. The third-order valence-electron chi connectivity index (χ3n) is 3.97. The molecule has 0 bridgehead atoms. The molecule has 1 amide bonds. The normalized spacial score (nSPS) is 10.4. The minimum atomic E-state index is -0.329. The largest absolute Gasteiger partial charge is 0.495 e. The molecule has 0 aliphatic heterocycles. The van der Waals surface area contributed by atoms with E-state index in [0.717, 1.165) is 22.4 Å². The lowest BCUT2D eigenvalue weighted by molar-refractivity contribution is 0.102. The van der Waals surface area contributed by atoms with Gasteiger partial charge in [0, 0.05) is 11.9 Å². The Morgan fingerprint density at radius 2 is 1.70 bits per heavy atom. The van der Waals surface area contributed by atoms with E-state index in [0.29, 0.717) is 17.4 Å². The lowest BCUT2D eigenvalue weighted by Gasteiger charge is -2.11. The lowest BCUT2D eigenvalue weighted by atomic mass is 10.1. The van der Waals surface area contributed by atoms with Gasteiger partial charge >= 0.3 is 0 Å². The SMILES string of the molecule is COc1ccc(C)cc1NC(=O)c1ccnc(Nc2cc(C)cc(C)c2)n1. The molecule has 2 aromatic carbocycles. The molecule has 1 heterocycles. The second kappa shape index (κ2) is 7.86. The van der Waals surface area contributed by atoms with Crippen LogP contribution in [0.5, 0.6) is 5.75 Å². The average molecular weight is 362 g/mol. The van der Waals surface area contributed by atoms with Crippen molar-refractivity contribution in [3.8, 4) is 5.75 Å². The van der Waals surface area contributed by atoms with Gasteiger partial charge in [-0.15, -0.1) is 0 Å². The van der Waals surface area contributed by atoms with Gasteiger partial charge in [-0.05, 0) is 67.8 Å². The number of nitrogens with one attached hydrogen (secondary N) is 2. The summed E-state index contributed by atoms with van der Waals surface area (Å²) in [5, 5.41) is 6.00. The summed E-state index contributed by atoms with van der Waals surface area (Å²) < 4.78 is 5.30. The number of ether oxygens (including phenoxy) is 1. The van der Waals surface area contributed by atoms with Gasteiger partial charge in [-0.3, -0.25) is 4.79 Å². The number of carbonyl (C=O) groups is 1. The maximum absolute atomic E-state index is 12.6. The monoisotopic (exact) mass is 362 g/mol. The molecule has 0 unspecified atom stereocenters. The molecule has 138 valence electrons. The van der Waals surface area contributed by atoms with Crippen molar-refractivity contribution in [2.45, 2.75) is 20.8 Å². The van der Waals surface area contributed by atoms with Gasteiger partial charge in [0.15, 0.2) is 0 Å². The fraction of sp³-hybridized carbons (Fsp3) is 0.190. The summed E-state index contributed by atoms with van der Waals surface area (Å²) in [6.07, 6.45) is 1.56. The smallest absolute Gasteiger partial charge is 0.274 e. The molecule has 0 aliphatic rings. The first-order chi connectivity index (χ1) is 12.9. The highest BCUT2D eigenvalue weighted by Gasteiger charge is 2.12. The fourth-order valence-electron chi connectivity index (χ4n) is 2.83. The molecule has 0 fully saturated rings. The van der Waals surface area contributed by atoms with Gasteiger partial charge in [0.1, 0.15) is 11.4 Å². The van der Waals surface area contributed by atoms with Crippen LogP contribution >= 0.6 is 0 Å². The summed E-state index contributed by atoms with van der Waals surface area (Å²) >= 11 is 0. The zero-order chi connectivity index (χ0) is 19.4. The highest BCUT2D eigenvalue weighted by atomic mass is 16.5. The summed E-state index contributed by atoms with van der Waals surface area (Å²) in [6.45, 7) is 6.00. The molecule has 0 radical (unpaired) electrons. The Labute approximate surface area is 158 Å². The first-order valence-corrected chi connectivity index (χ1v) is 8.59. The molecular weight excluding hydrogens is 340 g/mol. The maximum Gasteiger partial charge on any atom is 0.274 e. The quantitative estimate of drug-likeness (QED) is 0.703. The summed E-state index contributed by atoms with van der Waals surface area (Å²) in [5.41, 5.74) is 5.04. The van der Waals surface area contributed by atoms with Crippen LogP contribution in [0.3, 0.4) is 0 Å². The van der Waals surface area contributed by atoms with Crippen molar-refractivity contribution in [2.24, 2.45) is 0 Å². The van der Waals surface area contributed by atoms with E-state index in [-0.39, 0.29) is 11.6 Å². The number of anilines is 3. The summed E-state index contributed by atoms with van der Waals surface area (Å²) in [6, 6.07) is 13.3. The van der Waals surface area contributed by atoms with Gasteiger partial charge < -0.3 is 15.4 Å². The molecule has 0 aliphatic carbocycles. The number of amides is 1. The highest BCUT2D eigenvalue weighted by Crippen LogP contribution is 2.25. The van der Waals surface area contributed by atoms with E-state index in [1.165, 1.54) is 0 Å². The zero-order valence-corrected chi connectivity index (χ0v) is 15.8. The van der Waals surface area contributed by atoms with Gasteiger partial charge in [-0.2, -0.15) is 0 Å². The standard InChI is InChI=1S/C21H22N4O2/c1-13-5-6-19(27-4)18(12-13)24-20(26)17-7-8-22-21(25-17)23-16-10-14(2)9-15(3)11-16/h5-12H,1-4H3,(H,24,26)(H,22,23,25). The molecular formula is C21H22N4O2. The van der Waals surface area contributed by atoms with Crippen LogP contribution in [-0.4, -0.2) is 23.0 Å². The van der Waals surface area contributed by atoms with Crippen molar-refractivity contribution in [1.29, 1.82) is 0 Å². The maximum atomic E-state index is 12.6. The van der Waals surface area contributed by atoms with E-state index in [9.17, 15) is 4.79 Å². The van der Waals surface area contributed by atoms with E-state index in [4.69, 9.17) is 4.74 Å². The molecule has 0 saturated heterocycles. The number of methoxy groups -OCH3 is 1. The van der Waals surface area contributed by atoms with Crippen LogP contribution in [0, 0.1) is 20.8 Å². The Balaban J connectivity index is 1.80. The van der Waals surface area contributed by atoms with E-state index < -0.39 is 0 Å². The Morgan fingerprint density at radius 3 is 2.41 bits per heavy atom. The topological polar surface area (TPSA) is 76.1 Å². The second-order valence-corrected chi connectivity index (χ2v) is 6.42. The van der Waals surface area contributed by atoms with Crippen molar-refractivity contribution in [2.75, 3.05) is 17.7 Å². The number of aromatic nitrogens is 2. The third-order valence-corrected chi connectivity index (χ3v) is 3.97. The van der Waals surface area contributed by atoms with Gasteiger partial charge in [-0.1, -0.05) is 12.1 Å². The van der Waals surface area contributed by atoms with Crippen LogP contribution in [0.1, 0.15) is 27.2 Å². The van der Waals surface area contributed by atoms with Crippen LogP contribution in [-0.2, 0) is 0 Å². The Bertz CT molecular complexity index is 965. The van der Waals surface area contributed by atoms with Gasteiger partial charge in [0.2, 0.25) is 5.95 Å². The van der Waals surface area contributed by atoms with Crippen molar-refractivity contribution in [3.05, 3.63) is 71.0 Å². The summed E-state index contributed by atoms with van der Waals surface area (Å²) in [5.74, 6) is 0.630. The minimum Gasteiger partial charge on any atom is -0.495 e. The average Bonchev–Trinajstić information content (AvgIpc) is 2.61. The van der Waals surface area contributed by atoms with Crippen LogP contribution < -0.4 is 15.4 Å². The zero-order valence-electron chi connectivity index (χ0n) is 15.8. The number of nitrogens with zero attached hydrogens (tertiary/aromatic N) is 2. The number of benzene rings is 2. The predicted octanol–water partition coefficient (Wildman–Crippen LogP) is 4.41. The van der Waals surface area contributed by atoms with E-state index in [1.807, 2.05) is 51.1 Å². The Hall–Kier alpha value is -3.41.